The first-order valence-electron chi connectivity index (χ1n) is 11.0. The molecule has 0 radical (unpaired) electrons. The highest BCUT2D eigenvalue weighted by Crippen LogP contribution is 2.30. The standard InChI is InChI=1S/C27H29ClN2O2/c1-32-26(31)19-21-7-9-22(10-8-21)20-29-15-17-30(18-16-29)27(23-5-3-2-4-6-23)24-11-13-25(28)14-12-24/h2-14,27H,15-20H2,1H3. The van der Waals surface area contributed by atoms with Crippen LogP contribution in [0, 0.1) is 0 Å². The molecular weight excluding hydrogens is 420 g/mol. The van der Waals surface area contributed by atoms with Crippen LogP contribution in [0.1, 0.15) is 28.3 Å². The summed E-state index contributed by atoms with van der Waals surface area (Å²) < 4.78 is 4.75. The van der Waals surface area contributed by atoms with E-state index in [-0.39, 0.29) is 12.0 Å². The number of esters is 1. The monoisotopic (exact) mass is 448 g/mol. The van der Waals surface area contributed by atoms with Gasteiger partial charge >= 0.3 is 5.97 Å². The van der Waals surface area contributed by atoms with Crippen LogP contribution in [0.5, 0.6) is 0 Å². The molecule has 32 heavy (non-hydrogen) atoms. The lowest BCUT2D eigenvalue weighted by Gasteiger charge is -2.40. The van der Waals surface area contributed by atoms with E-state index in [1.165, 1.54) is 23.8 Å². The van der Waals surface area contributed by atoms with Gasteiger partial charge in [-0.3, -0.25) is 14.6 Å². The zero-order chi connectivity index (χ0) is 22.3. The third-order valence-electron chi connectivity index (χ3n) is 6.08. The van der Waals surface area contributed by atoms with Crippen molar-refractivity contribution in [2.24, 2.45) is 0 Å². The lowest BCUT2D eigenvalue weighted by atomic mass is 9.96. The van der Waals surface area contributed by atoms with Crippen LogP contribution in [0.4, 0.5) is 0 Å². The van der Waals surface area contributed by atoms with Crippen molar-refractivity contribution in [3.05, 3.63) is 106 Å². The summed E-state index contributed by atoms with van der Waals surface area (Å²) in [6.45, 7) is 4.95. The number of hydrogen-bond donors (Lipinski definition) is 0. The Morgan fingerprint density at radius 2 is 1.44 bits per heavy atom. The fraction of sp³-hybridized carbons (Fsp3) is 0.296. The summed E-state index contributed by atoms with van der Waals surface area (Å²) in [6.07, 6.45) is 0.320. The highest BCUT2D eigenvalue weighted by Gasteiger charge is 2.26. The minimum Gasteiger partial charge on any atom is -0.469 e. The lowest BCUT2D eigenvalue weighted by Crippen LogP contribution is -2.47. The maximum Gasteiger partial charge on any atom is 0.309 e. The Labute approximate surface area is 195 Å². The molecule has 1 saturated heterocycles. The molecule has 1 atom stereocenters. The van der Waals surface area contributed by atoms with Crippen molar-refractivity contribution in [3.8, 4) is 0 Å². The first kappa shape index (κ1) is 22.5. The van der Waals surface area contributed by atoms with E-state index in [4.69, 9.17) is 16.3 Å². The Hall–Kier alpha value is -2.66. The summed E-state index contributed by atoms with van der Waals surface area (Å²) in [6, 6.07) is 27.5. The molecule has 1 aliphatic heterocycles. The van der Waals surface area contributed by atoms with Gasteiger partial charge in [0.15, 0.2) is 0 Å². The minimum atomic E-state index is -0.206. The summed E-state index contributed by atoms with van der Waals surface area (Å²) >= 11 is 6.14. The number of rotatable bonds is 7. The predicted molar refractivity (Wildman–Crippen MR) is 129 cm³/mol. The van der Waals surface area contributed by atoms with Crippen molar-refractivity contribution in [1.29, 1.82) is 0 Å². The van der Waals surface area contributed by atoms with E-state index < -0.39 is 0 Å². The van der Waals surface area contributed by atoms with Crippen LogP contribution in [0.3, 0.4) is 0 Å². The fourth-order valence-corrected chi connectivity index (χ4v) is 4.46. The lowest BCUT2D eigenvalue weighted by molar-refractivity contribution is -0.139. The van der Waals surface area contributed by atoms with Gasteiger partial charge in [0.25, 0.3) is 0 Å². The molecule has 4 rings (SSSR count). The molecule has 166 valence electrons. The third-order valence-corrected chi connectivity index (χ3v) is 6.33. The number of carbonyl (C=O) groups is 1. The zero-order valence-electron chi connectivity index (χ0n) is 18.4. The SMILES string of the molecule is COC(=O)Cc1ccc(CN2CCN(C(c3ccccc3)c3ccc(Cl)cc3)CC2)cc1. The molecule has 3 aromatic rings. The average Bonchev–Trinajstić information content (AvgIpc) is 2.83. The van der Waals surface area contributed by atoms with Crippen molar-refractivity contribution in [1.82, 2.24) is 9.80 Å². The molecule has 0 amide bonds. The molecule has 1 aliphatic rings. The van der Waals surface area contributed by atoms with E-state index in [0.29, 0.717) is 6.42 Å². The molecule has 1 heterocycles. The Morgan fingerprint density at radius 1 is 0.844 bits per heavy atom. The van der Waals surface area contributed by atoms with Crippen LogP contribution in [-0.4, -0.2) is 49.1 Å². The number of ether oxygens (including phenoxy) is 1. The molecular formula is C27H29ClN2O2. The van der Waals surface area contributed by atoms with Gasteiger partial charge in [0.2, 0.25) is 0 Å². The van der Waals surface area contributed by atoms with E-state index in [1.54, 1.807) is 0 Å². The quantitative estimate of drug-likeness (QED) is 0.478. The summed E-state index contributed by atoms with van der Waals surface area (Å²) in [7, 11) is 1.42. The molecule has 0 N–H and O–H groups in total. The van der Waals surface area contributed by atoms with Crippen molar-refractivity contribution in [2.45, 2.75) is 19.0 Å². The van der Waals surface area contributed by atoms with Gasteiger partial charge in [-0.2, -0.15) is 0 Å². The van der Waals surface area contributed by atoms with Gasteiger partial charge in [0.05, 0.1) is 19.6 Å². The van der Waals surface area contributed by atoms with Crippen molar-refractivity contribution in [3.63, 3.8) is 0 Å². The van der Waals surface area contributed by atoms with Crippen LogP contribution in [0.15, 0.2) is 78.9 Å². The van der Waals surface area contributed by atoms with E-state index in [1.807, 2.05) is 24.3 Å². The smallest absolute Gasteiger partial charge is 0.309 e. The number of benzene rings is 3. The Bertz CT molecular complexity index is 998. The molecule has 5 heteroatoms. The Balaban J connectivity index is 1.40. The van der Waals surface area contributed by atoms with Crippen LogP contribution in [0.25, 0.3) is 0 Å². The number of nitrogens with zero attached hydrogens (tertiary/aromatic N) is 2. The van der Waals surface area contributed by atoms with Crippen LogP contribution in [-0.2, 0) is 22.5 Å². The van der Waals surface area contributed by atoms with Gasteiger partial charge in [-0.1, -0.05) is 78.3 Å². The predicted octanol–water partition coefficient (Wildman–Crippen LogP) is 4.96. The maximum absolute atomic E-state index is 11.4. The van der Waals surface area contributed by atoms with Gasteiger partial charge in [-0.25, -0.2) is 0 Å². The molecule has 1 fully saturated rings. The molecule has 4 nitrogen and oxygen atoms in total. The number of hydrogen-bond acceptors (Lipinski definition) is 4. The summed E-state index contributed by atoms with van der Waals surface area (Å²) in [5.41, 5.74) is 4.84. The average molecular weight is 449 g/mol. The van der Waals surface area contributed by atoms with Crippen LogP contribution < -0.4 is 0 Å². The zero-order valence-corrected chi connectivity index (χ0v) is 19.2. The van der Waals surface area contributed by atoms with Gasteiger partial charge in [0, 0.05) is 37.7 Å². The number of halogens is 1. The molecule has 1 unspecified atom stereocenters. The fourth-order valence-electron chi connectivity index (χ4n) is 4.33. The maximum atomic E-state index is 11.4. The van der Waals surface area contributed by atoms with Crippen molar-refractivity contribution < 1.29 is 9.53 Å². The van der Waals surface area contributed by atoms with E-state index in [2.05, 4.69) is 64.4 Å². The van der Waals surface area contributed by atoms with E-state index in [9.17, 15) is 4.79 Å². The molecule has 0 saturated carbocycles. The first-order valence-corrected chi connectivity index (χ1v) is 11.4. The van der Waals surface area contributed by atoms with Crippen molar-refractivity contribution >= 4 is 17.6 Å². The molecule has 0 spiro atoms. The number of methoxy groups -OCH3 is 1. The second-order valence-electron chi connectivity index (χ2n) is 8.25. The second-order valence-corrected chi connectivity index (χ2v) is 8.68. The summed E-state index contributed by atoms with van der Waals surface area (Å²) in [5, 5.41) is 0.767. The van der Waals surface area contributed by atoms with Gasteiger partial charge < -0.3 is 4.74 Å². The normalized spacial score (nSPS) is 15.9. The van der Waals surface area contributed by atoms with Crippen LogP contribution in [0.2, 0.25) is 5.02 Å². The largest absolute Gasteiger partial charge is 0.469 e. The summed E-state index contributed by atoms with van der Waals surface area (Å²) in [4.78, 5) is 16.5. The highest BCUT2D eigenvalue weighted by molar-refractivity contribution is 6.30. The Morgan fingerprint density at radius 3 is 2.06 bits per heavy atom. The molecule has 0 aromatic heterocycles. The minimum absolute atomic E-state index is 0.206. The van der Waals surface area contributed by atoms with Gasteiger partial charge in [0.1, 0.15) is 0 Å². The number of piperazine rings is 1. The summed E-state index contributed by atoms with van der Waals surface area (Å²) in [5.74, 6) is -0.206. The highest BCUT2D eigenvalue weighted by atomic mass is 35.5. The number of carbonyl (C=O) groups excluding carboxylic acids is 1. The van der Waals surface area contributed by atoms with Crippen LogP contribution >= 0.6 is 11.6 Å². The molecule has 0 bridgehead atoms. The second kappa shape index (κ2) is 10.8. The van der Waals surface area contributed by atoms with Gasteiger partial charge in [-0.15, -0.1) is 0 Å². The first-order chi connectivity index (χ1) is 15.6. The van der Waals surface area contributed by atoms with Crippen molar-refractivity contribution in [2.75, 3.05) is 33.3 Å². The Kier molecular flexibility index (Phi) is 7.59. The third kappa shape index (κ3) is 5.77. The van der Waals surface area contributed by atoms with E-state index >= 15 is 0 Å². The topological polar surface area (TPSA) is 32.8 Å². The van der Waals surface area contributed by atoms with E-state index in [0.717, 1.165) is 43.3 Å². The van der Waals surface area contributed by atoms with Gasteiger partial charge in [-0.05, 0) is 34.4 Å². The molecule has 0 aliphatic carbocycles. The molecule has 3 aromatic carbocycles.